The van der Waals surface area contributed by atoms with E-state index in [0.29, 0.717) is 0 Å². The van der Waals surface area contributed by atoms with E-state index in [9.17, 15) is 4.79 Å². The van der Waals surface area contributed by atoms with Gasteiger partial charge in [-0.1, -0.05) is 6.07 Å². The smallest absolute Gasteiger partial charge is 0.377 e. The Kier molecular flexibility index (Phi) is 3.21. The van der Waals surface area contributed by atoms with E-state index in [2.05, 4.69) is 4.98 Å². The number of nitriles is 1. The van der Waals surface area contributed by atoms with E-state index in [0.717, 1.165) is 4.88 Å². The number of carbonyl (C=O) groups is 1. The quantitative estimate of drug-likeness (QED) is 0.780. The summed E-state index contributed by atoms with van der Waals surface area (Å²) in [4.78, 5) is 16.2. The lowest BCUT2D eigenvalue weighted by Crippen LogP contribution is -2.05. The van der Waals surface area contributed by atoms with Crippen molar-refractivity contribution in [2.75, 3.05) is 6.61 Å². The molecular formula is C11H8N2O3S. The lowest BCUT2D eigenvalue weighted by molar-refractivity contribution is 0.0490. The van der Waals surface area contributed by atoms with E-state index < -0.39 is 5.97 Å². The Bertz CT molecular complexity index is 566. The second kappa shape index (κ2) is 4.80. The van der Waals surface area contributed by atoms with Gasteiger partial charge in [-0.2, -0.15) is 10.2 Å². The molecule has 0 N–H and O–H groups in total. The number of thiophene rings is 1. The van der Waals surface area contributed by atoms with E-state index >= 15 is 0 Å². The van der Waals surface area contributed by atoms with Crippen molar-refractivity contribution in [2.24, 2.45) is 0 Å². The standard InChI is InChI=1S/C11H8N2O3S/c1-2-15-11(14)9-7(6-12)13-10(16-9)8-4-3-5-17-8/h3-5H,2H2,1H3. The zero-order valence-electron chi connectivity index (χ0n) is 8.97. The minimum absolute atomic E-state index is 0.0492. The predicted molar refractivity (Wildman–Crippen MR) is 60.5 cm³/mol. The van der Waals surface area contributed by atoms with Crippen LogP contribution in [0.4, 0.5) is 0 Å². The Labute approximate surface area is 101 Å². The third-order valence-electron chi connectivity index (χ3n) is 1.93. The molecule has 0 amide bonds. The Hall–Kier alpha value is -2.13. The van der Waals surface area contributed by atoms with Crippen LogP contribution in [0.2, 0.25) is 0 Å². The first-order valence-corrected chi connectivity index (χ1v) is 5.76. The summed E-state index contributed by atoms with van der Waals surface area (Å²) in [5.41, 5.74) is -0.0492. The van der Waals surface area contributed by atoms with Gasteiger partial charge in [0.1, 0.15) is 6.07 Å². The number of oxazole rings is 1. The summed E-state index contributed by atoms with van der Waals surface area (Å²) >= 11 is 1.42. The molecule has 17 heavy (non-hydrogen) atoms. The van der Waals surface area contributed by atoms with Crippen molar-refractivity contribution in [2.45, 2.75) is 6.92 Å². The summed E-state index contributed by atoms with van der Waals surface area (Å²) in [5, 5.41) is 10.7. The summed E-state index contributed by atoms with van der Waals surface area (Å²) in [6, 6.07) is 5.45. The number of aromatic nitrogens is 1. The van der Waals surface area contributed by atoms with Crippen LogP contribution in [0.5, 0.6) is 0 Å². The van der Waals surface area contributed by atoms with Crippen LogP contribution in [-0.4, -0.2) is 17.6 Å². The summed E-state index contributed by atoms with van der Waals surface area (Å²) in [7, 11) is 0. The first kappa shape index (κ1) is 11.4. The average molecular weight is 248 g/mol. The number of carbonyl (C=O) groups excluding carboxylic acids is 1. The molecule has 2 heterocycles. The van der Waals surface area contributed by atoms with E-state index in [1.807, 2.05) is 17.5 Å². The highest BCUT2D eigenvalue weighted by Gasteiger charge is 2.22. The van der Waals surface area contributed by atoms with E-state index in [1.165, 1.54) is 11.3 Å². The topological polar surface area (TPSA) is 76.1 Å². The maximum atomic E-state index is 11.5. The van der Waals surface area contributed by atoms with Gasteiger partial charge in [-0.3, -0.25) is 0 Å². The molecule has 86 valence electrons. The number of hydrogen-bond donors (Lipinski definition) is 0. The molecule has 2 aromatic heterocycles. The van der Waals surface area contributed by atoms with Gasteiger partial charge in [0.05, 0.1) is 11.5 Å². The fourth-order valence-corrected chi connectivity index (χ4v) is 1.89. The maximum absolute atomic E-state index is 11.5. The van der Waals surface area contributed by atoms with E-state index in [1.54, 1.807) is 13.0 Å². The van der Waals surface area contributed by atoms with Gasteiger partial charge < -0.3 is 9.15 Å². The van der Waals surface area contributed by atoms with Gasteiger partial charge in [-0.05, 0) is 18.4 Å². The zero-order chi connectivity index (χ0) is 12.3. The fraction of sp³-hybridized carbons (Fsp3) is 0.182. The minimum atomic E-state index is -0.667. The molecule has 0 atom stereocenters. The van der Waals surface area contributed by atoms with Crippen LogP contribution in [0.3, 0.4) is 0 Å². The van der Waals surface area contributed by atoms with Gasteiger partial charge in [0, 0.05) is 0 Å². The van der Waals surface area contributed by atoms with Crippen LogP contribution in [0.1, 0.15) is 23.2 Å². The van der Waals surface area contributed by atoms with Crippen molar-refractivity contribution in [3.8, 4) is 16.8 Å². The van der Waals surface area contributed by atoms with Crippen LogP contribution in [0.15, 0.2) is 21.9 Å². The van der Waals surface area contributed by atoms with Crippen molar-refractivity contribution in [1.29, 1.82) is 5.26 Å². The van der Waals surface area contributed by atoms with Gasteiger partial charge >= 0.3 is 5.97 Å². The molecule has 0 bridgehead atoms. The molecule has 0 aliphatic carbocycles. The molecule has 0 aliphatic rings. The Morgan fingerprint density at radius 1 is 1.71 bits per heavy atom. The normalized spacial score (nSPS) is 9.88. The molecule has 0 aromatic carbocycles. The van der Waals surface area contributed by atoms with Crippen molar-refractivity contribution in [3.63, 3.8) is 0 Å². The number of esters is 1. The highest BCUT2D eigenvalue weighted by atomic mass is 32.1. The second-order valence-electron chi connectivity index (χ2n) is 3.01. The zero-order valence-corrected chi connectivity index (χ0v) is 9.78. The predicted octanol–water partition coefficient (Wildman–Crippen LogP) is 2.45. The Balaban J connectivity index is 2.41. The van der Waals surface area contributed by atoms with Crippen LogP contribution < -0.4 is 0 Å². The molecule has 2 aromatic rings. The highest BCUT2D eigenvalue weighted by Crippen LogP contribution is 2.26. The molecule has 0 spiro atoms. The molecule has 5 nitrogen and oxygen atoms in total. The summed E-state index contributed by atoms with van der Waals surface area (Å²) < 4.78 is 10.0. The molecule has 0 saturated heterocycles. The average Bonchev–Trinajstić information content (AvgIpc) is 2.97. The van der Waals surface area contributed by atoms with Gasteiger partial charge in [-0.15, -0.1) is 11.3 Å². The molecule has 6 heteroatoms. The Morgan fingerprint density at radius 3 is 3.12 bits per heavy atom. The molecule has 2 rings (SSSR count). The van der Waals surface area contributed by atoms with Crippen LogP contribution >= 0.6 is 11.3 Å². The van der Waals surface area contributed by atoms with Crippen LogP contribution in [0, 0.1) is 11.3 Å². The lowest BCUT2D eigenvalue weighted by atomic mass is 10.4. The SMILES string of the molecule is CCOC(=O)c1oc(-c2cccs2)nc1C#N. The van der Waals surface area contributed by atoms with Gasteiger partial charge in [-0.25, -0.2) is 4.79 Å². The molecule has 0 aliphatic heterocycles. The molecule has 0 radical (unpaired) electrons. The third-order valence-corrected chi connectivity index (χ3v) is 2.78. The molecule has 0 unspecified atom stereocenters. The summed E-state index contributed by atoms with van der Waals surface area (Å²) in [5.74, 6) is -0.545. The molecular weight excluding hydrogens is 240 g/mol. The van der Waals surface area contributed by atoms with Crippen molar-refractivity contribution >= 4 is 17.3 Å². The largest absolute Gasteiger partial charge is 0.460 e. The van der Waals surface area contributed by atoms with Crippen molar-refractivity contribution < 1.29 is 13.9 Å². The summed E-state index contributed by atoms with van der Waals surface area (Å²) in [6.07, 6.45) is 0. The van der Waals surface area contributed by atoms with Crippen LogP contribution in [0.25, 0.3) is 10.8 Å². The highest BCUT2D eigenvalue weighted by molar-refractivity contribution is 7.13. The summed E-state index contributed by atoms with van der Waals surface area (Å²) in [6.45, 7) is 1.90. The third kappa shape index (κ3) is 2.19. The number of nitrogens with zero attached hydrogens (tertiary/aromatic N) is 2. The number of ether oxygens (including phenoxy) is 1. The lowest BCUT2D eigenvalue weighted by Gasteiger charge is -1.96. The van der Waals surface area contributed by atoms with Gasteiger partial charge in [0.15, 0.2) is 5.69 Å². The van der Waals surface area contributed by atoms with E-state index in [-0.39, 0.29) is 24.0 Å². The van der Waals surface area contributed by atoms with Crippen molar-refractivity contribution in [1.82, 2.24) is 4.98 Å². The first-order valence-electron chi connectivity index (χ1n) is 4.88. The first-order chi connectivity index (χ1) is 8.26. The maximum Gasteiger partial charge on any atom is 0.377 e. The second-order valence-corrected chi connectivity index (χ2v) is 3.95. The Morgan fingerprint density at radius 2 is 2.53 bits per heavy atom. The van der Waals surface area contributed by atoms with Crippen molar-refractivity contribution in [3.05, 3.63) is 29.0 Å². The van der Waals surface area contributed by atoms with Crippen LogP contribution in [-0.2, 0) is 4.74 Å². The van der Waals surface area contributed by atoms with E-state index in [4.69, 9.17) is 14.4 Å². The number of rotatable bonds is 3. The fourth-order valence-electron chi connectivity index (χ4n) is 1.24. The van der Waals surface area contributed by atoms with Gasteiger partial charge in [0.2, 0.25) is 5.89 Å². The monoisotopic (exact) mass is 248 g/mol. The molecule has 0 saturated carbocycles. The number of hydrogen-bond acceptors (Lipinski definition) is 6. The minimum Gasteiger partial charge on any atom is -0.460 e. The molecule has 0 fully saturated rings. The van der Waals surface area contributed by atoms with Gasteiger partial charge in [0.25, 0.3) is 5.76 Å².